The molecule has 0 radical (unpaired) electrons. The van der Waals surface area contributed by atoms with Crippen LogP contribution >= 0.6 is 0 Å². The third-order valence-corrected chi connectivity index (χ3v) is 4.00. The number of alkyl halides is 14. The topological polar surface area (TPSA) is 29.5 Å². The quantitative estimate of drug-likeness (QED) is 0.343. The molecule has 0 saturated heterocycles. The number of ether oxygens (including phenoxy) is 1. The van der Waals surface area contributed by atoms with Crippen LogP contribution in [0.1, 0.15) is 19.8 Å². The average molecular weight is 509 g/mol. The van der Waals surface area contributed by atoms with Crippen LogP contribution in [0.25, 0.3) is 0 Å². The molecule has 0 aliphatic carbocycles. The number of hydrogen-bond acceptors (Lipinski definition) is 2. The second-order valence-electron chi connectivity index (χ2n) is 6.93. The summed E-state index contributed by atoms with van der Waals surface area (Å²) < 4.78 is 183. The van der Waals surface area contributed by atoms with Crippen molar-refractivity contribution >= 4 is 5.91 Å². The standard InChI is InChI=1S/C15H17F14NO2/c1-8(5-11(18,19)20)6-32-7-9(31)30(2)4-3-10(16,17)12(21,22)13(23,24)14(25,26)15(27,28)29/h8H,3-7H2,1-2H3/t8-/m0/s1. The zero-order valence-corrected chi connectivity index (χ0v) is 16.2. The minimum absolute atomic E-state index is 0.165. The third-order valence-electron chi connectivity index (χ3n) is 4.00. The van der Waals surface area contributed by atoms with Gasteiger partial charge < -0.3 is 9.64 Å². The first-order chi connectivity index (χ1) is 13.9. The molecule has 0 N–H and O–H groups in total. The molecule has 192 valence electrons. The molecule has 0 aliphatic rings. The summed E-state index contributed by atoms with van der Waals surface area (Å²) in [5.74, 6) is -30.8. The summed E-state index contributed by atoms with van der Waals surface area (Å²) in [7, 11) is 0.640. The fourth-order valence-electron chi connectivity index (χ4n) is 2.11. The number of rotatable bonds is 11. The Morgan fingerprint density at radius 3 is 1.69 bits per heavy atom. The van der Waals surface area contributed by atoms with E-state index >= 15 is 0 Å². The Morgan fingerprint density at radius 1 is 0.812 bits per heavy atom. The van der Waals surface area contributed by atoms with Gasteiger partial charge in [-0.1, -0.05) is 6.92 Å². The molecule has 0 bridgehead atoms. The van der Waals surface area contributed by atoms with Crippen molar-refractivity contribution in [2.24, 2.45) is 5.92 Å². The number of amides is 1. The van der Waals surface area contributed by atoms with Gasteiger partial charge in [0, 0.05) is 26.4 Å². The van der Waals surface area contributed by atoms with Gasteiger partial charge in [0.15, 0.2) is 0 Å². The first-order valence-corrected chi connectivity index (χ1v) is 8.37. The maximum atomic E-state index is 13.5. The first kappa shape index (κ1) is 30.4. The van der Waals surface area contributed by atoms with Gasteiger partial charge in [-0.25, -0.2) is 0 Å². The maximum Gasteiger partial charge on any atom is 0.460 e. The van der Waals surface area contributed by atoms with E-state index in [0.717, 1.165) is 6.92 Å². The molecule has 0 aliphatic heterocycles. The van der Waals surface area contributed by atoms with E-state index in [1.807, 2.05) is 0 Å². The van der Waals surface area contributed by atoms with Crippen molar-refractivity contribution in [1.29, 1.82) is 0 Å². The van der Waals surface area contributed by atoms with Crippen LogP contribution in [0.4, 0.5) is 61.5 Å². The van der Waals surface area contributed by atoms with Crippen LogP contribution in [0, 0.1) is 5.92 Å². The van der Waals surface area contributed by atoms with E-state index in [4.69, 9.17) is 0 Å². The summed E-state index contributed by atoms with van der Waals surface area (Å²) in [4.78, 5) is 11.8. The van der Waals surface area contributed by atoms with E-state index in [-0.39, 0.29) is 4.90 Å². The van der Waals surface area contributed by atoms with Gasteiger partial charge in [-0.2, -0.15) is 61.5 Å². The Bertz CT molecular complexity index is 629. The van der Waals surface area contributed by atoms with Gasteiger partial charge in [0.25, 0.3) is 0 Å². The molecular weight excluding hydrogens is 492 g/mol. The third kappa shape index (κ3) is 6.97. The second kappa shape index (κ2) is 9.75. The van der Waals surface area contributed by atoms with Crippen LogP contribution in [-0.4, -0.2) is 73.7 Å². The molecule has 0 aromatic heterocycles. The van der Waals surface area contributed by atoms with Gasteiger partial charge >= 0.3 is 36.0 Å². The lowest BCUT2D eigenvalue weighted by Crippen LogP contribution is -2.66. The molecule has 0 saturated carbocycles. The van der Waals surface area contributed by atoms with Crippen molar-refractivity contribution in [3.63, 3.8) is 0 Å². The molecule has 1 amide bonds. The van der Waals surface area contributed by atoms with Crippen molar-refractivity contribution < 1.29 is 71.0 Å². The molecule has 0 aromatic carbocycles. The molecule has 3 nitrogen and oxygen atoms in total. The Labute approximate surface area is 171 Å². The number of likely N-dealkylation sites (N-methyl/N-ethyl adjacent to an activating group) is 1. The minimum Gasteiger partial charge on any atom is -0.371 e. The molecular formula is C15H17F14NO2. The Hall–Kier alpha value is -1.55. The van der Waals surface area contributed by atoms with Gasteiger partial charge in [-0.15, -0.1) is 0 Å². The molecule has 0 aromatic rings. The highest BCUT2D eigenvalue weighted by Crippen LogP contribution is 2.57. The van der Waals surface area contributed by atoms with E-state index in [1.165, 1.54) is 0 Å². The molecule has 1 atom stereocenters. The van der Waals surface area contributed by atoms with Crippen molar-refractivity contribution in [2.45, 2.75) is 55.8 Å². The number of halogens is 14. The average Bonchev–Trinajstić information content (AvgIpc) is 2.56. The van der Waals surface area contributed by atoms with Gasteiger partial charge in [0.05, 0.1) is 6.61 Å². The summed E-state index contributed by atoms with van der Waals surface area (Å²) in [5, 5.41) is 0. The molecule has 0 spiro atoms. The first-order valence-electron chi connectivity index (χ1n) is 8.37. The van der Waals surface area contributed by atoms with E-state index in [9.17, 15) is 66.3 Å². The normalized spacial score (nSPS) is 15.6. The van der Waals surface area contributed by atoms with Crippen LogP contribution in [0.3, 0.4) is 0 Å². The zero-order valence-electron chi connectivity index (χ0n) is 16.2. The monoisotopic (exact) mass is 509 g/mol. The lowest BCUT2D eigenvalue weighted by molar-refractivity contribution is -0.422. The van der Waals surface area contributed by atoms with E-state index in [1.54, 1.807) is 0 Å². The zero-order chi connectivity index (χ0) is 26.0. The Morgan fingerprint density at radius 2 is 1.28 bits per heavy atom. The Kier molecular flexibility index (Phi) is 9.28. The van der Waals surface area contributed by atoms with Crippen LogP contribution in [-0.2, 0) is 9.53 Å². The number of carbonyl (C=O) groups excluding carboxylic acids is 1. The van der Waals surface area contributed by atoms with E-state index in [2.05, 4.69) is 4.74 Å². The van der Waals surface area contributed by atoms with Gasteiger partial charge in [-0.05, 0) is 5.92 Å². The number of nitrogens with zero attached hydrogens (tertiary/aromatic N) is 1. The second-order valence-corrected chi connectivity index (χ2v) is 6.93. The summed E-state index contributed by atoms with van der Waals surface area (Å²) in [6.45, 7) is -2.10. The highest BCUT2D eigenvalue weighted by molar-refractivity contribution is 5.77. The van der Waals surface area contributed by atoms with Crippen molar-refractivity contribution in [3.8, 4) is 0 Å². The summed E-state index contributed by atoms with van der Waals surface area (Å²) in [6, 6.07) is 0. The fourth-order valence-corrected chi connectivity index (χ4v) is 2.11. The predicted octanol–water partition coefficient (Wildman–Crippen LogP) is 5.54. The number of carbonyl (C=O) groups is 1. The predicted molar refractivity (Wildman–Crippen MR) is 78.8 cm³/mol. The molecule has 0 rings (SSSR count). The van der Waals surface area contributed by atoms with E-state index < -0.39 is 80.5 Å². The van der Waals surface area contributed by atoms with Gasteiger partial charge in [0.2, 0.25) is 5.91 Å². The maximum absolute atomic E-state index is 13.5. The van der Waals surface area contributed by atoms with Crippen molar-refractivity contribution in [3.05, 3.63) is 0 Å². The lowest BCUT2D eigenvalue weighted by Gasteiger charge is -2.37. The van der Waals surface area contributed by atoms with Crippen LogP contribution < -0.4 is 0 Å². The van der Waals surface area contributed by atoms with Crippen LogP contribution in [0.2, 0.25) is 0 Å². The molecule has 32 heavy (non-hydrogen) atoms. The minimum atomic E-state index is -7.54. The highest BCUT2D eigenvalue weighted by atomic mass is 19.4. The summed E-state index contributed by atoms with van der Waals surface area (Å²) in [5.41, 5.74) is 0. The van der Waals surface area contributed by atoms with Crippen LogP contribution in [0.5, 0.6) is 0 Å². The van der Waals surface area contributed by atoms with Crippen LogP contribution in [0.15, 0.2) is 0 Å². The van der Waals surface area contributed by atoms with E-state index in [0.29, 0.717) is 7.05 Å². The van der Waals surface area contributed by atoms with Crippen molar-refractivity contribution in [2.75, 3.05) is 26.8 Å². The van der Waals surface area contributed by atoms with Crippen molar-refractivity contribution in [1.82, 2.24) is 4.90 Å². The largest absolute Gasteiger partial charge is 0.460 e. The SMILES string of the molecule is C[C@H](COCC(=O)N(C)CCC(F)(F)C(F)(F)C(F)(F)C(F)(F)C(F)(F)F)CC(F)(F)F. The fraction of sp³-hybridized carbons (Fsp3) is 0.933. The highest BCUT2D eigenvalue weighted by Gasteiger charge is 2.86. The Balaban J connectivity index is 5.05. The summed E-state index contributed by atoms with van der Waals surface area (Å²) in [6.07, 6.45) is -15.6. The molecule has 17 heteroatoms. The number of hydrogen-bond donors (Lipinski definition) is 0. The van der Waals surface area contributed by atoms with Gasteiger partial charge in [-0.3, -0.25) is 4.79 Å². The molecule has 0 fully saturated rings. The summed E-state index contributed by atoms with van der Waals surface area (Å²) >= 11 is 0. The molecule has 0 heterocycles. The van der Waals surface area contributed by atoms with Gasteiger partial charge in [0.1, 0.15) is 6.61 Å². The lowest BCUT2D eigenvalue weighted by atomic mass is 9.96. The molecule has 0 unspecified atom stereocenters. The smallest absolute Gasteiger partial charge is 0.371 e.